The molecule has 0 amide bonds. The molecule has 0 radical (unpaired) electrons. The summed E-state index contributed by atoms with van der Waals surface area (Å²) in [6.07, 6.45) is -15.1. The van der Waals surface area contributed by atoms with Crippen LogP contribution in [0.25, 0.3) is 0 Å². The molecule has 2 aliphatic heterocycles. The Morgan fingerprint density at radius 3 is 2.13 bits per heavy atom. The number of aliphatic hydroxyl groups excluding tert-OH is 7. The maximum atomic E-state index is 10.2. The molecule has 0 spiro atoms. The molecule has 170 valence electrons. The minimum absolute atomic E-state index is 0.131. The largest absolute Gasteiger partial charge is 0.394 e. The predicted octanol–water partition coefficient (Wildman–Crippen LogP) is -3.17. The van der Waals surface area contributed by atoms with Crippen molar-refractivity contribution in [2.45, 2.75) is 68.0 Å². The van der Waals surface area contributed by atoms with Gasteiger partial charge in [-0.15, -0.1) is 0 Å². The molecular formula is C19H28O11. The molecule has 7 N–H and O–H groups in total. The van der Waals surface area contributed by atoms with Crippen molar-refractivity contribution in [3.05, 3.63) is 35.9 Å². The highest BCUT2D eigenvalue weighted by molar-refractivity contribution is 5.13. The quantitative estimate of drug-likeness (QED) is 0.231. The number of aliphatic hydroxyl groups is 7. The smallest absolute Gasteiger partial charge is 0.187 e. The third kappa shape index (κ3) is 5.15. The van der Waals surface area contributed by atoms with Crippen LogP contribution in [0.15, 0.2) is 30.3 Å². The molecular weight excluding hydrogens is 404 g/mol. The maximum Gasteiger partial charge on any atom is 0.187 e. The Bertz CT molecular complexity index is 645. The van der Waals surface area contributed by atoms with Crippen LogP contribution in [0.4, 0.5) is 0 Å². The van der Waals surface area contributed by atoms with Crippen LogP contribution in [0.1, 0.15) is 5.56 Å². The van der Waals surface area contributed by atoms with Crippen molar-refractivity contribution in [2.75, 3.05) is 13.2 Å². The number of hydrogen-bond donors (Lipinski definition) is 7. The van der Waals surface area contributed by atoms with Gasteiger partial charge in [0.2, 0.25) is 0 Å². The lowest BCUT2D eigenvalue weighted by Gasteiger charge is -2.45. The Labute approximate surface area is 172 Å². The summed E-state index contributed by atoms with van der Waals surface area (Å²) in [7, 11) is 0. The Morgan fingerprint density at radius 1 is 0.767 bits per heavy atom. The van der Waals surface area contributed by atoms with Gasteiger partial charge in [0.05, 0.1) is 19.8 Å². The molecule has 0 aliphatic carbocycles. The monoisotopic (exact) mass is 432 g/mol. The molecule has 0 saturated carbocycles. The minimum Gasteiger partial charge on any atom is -0.394 e. The predicted molar refractivity (Wildman–Crippen MR) is 97.6 cm³/mol. The third-order valence-electron chi connectivity index (χ3n) is 5.19. The van der Waals surface area contributed by atoms with Crippen molar-refractivity contribution in [3.8, 4) is 0 Å². The fourth-order valence-corrected chi connectivity index (χ4v) is 3.42. The normalized spacial score (nSPS) is 42.2. The van der Waals surface area contributed by atoms with E-state index in [-0.39, 0.29) is 13.2 Å². The Kier molecular flexibility index (Phi) is 8.12. The molecule has 1 aromatic carbocycles. The molecule has 2 saturated heterocycles. The van der Waals surface area contributed by atoms with Crippen molar-refractivity contribution < 1.29 is 54.7 Å². The summed E-state index contributed by atoms with van der Waals surface area (Å²) in [5, 5.41) is 69.6. The Balaban J connectivity index is 1.63. The molecule has 2 fully saturated rings. The number of rotatable bonds is 7. The van der Waals surface area contributed by atoms with Crippen LogP contribution in [0.3, 0.4) is 0 Å². The van der Waals surface area contributed by atoms with E-state index in [2.05, 4.69) is 0 Å². The Morgan fingerprint density at radius 2 is 1.47 bits per heavy atom. The van der Waals surface area contributed by atoms with Crippen LogP contribution in [0.2, 0.25) is 0 Å². The lowest BCUT2D eigenvalue weighted by molar-refractivity contribution is -0.356. The highest BCUT2D eigenvalue weighted by atomic mass is 16.7. The molecule has 1 aromatic rings. The van der Waals surface area contributed by atoms with Gasteiger partial charge in [0, 0.05) is 0 Å². The maximum absolute atomic E-state index is 10.2. The first-order valence-electron chi connectivity index (χ1n) is 9.60. The first-order valence-corrected chi connectivity index (χ1v) is 9.60. The van der Waals surface area contributed by atoms with Gasteiger partial charge in [0.15, 0.2) is 12.6 Å². The molecule has 11 nitrogen and oxygen atoms in total. The third-order valence-corrected chi connectivity index (χ3v) is 5.19. The number of hydrogen-bond acceptors (Lipinski definition) is 11. The summed E-state index contributed by atoms with van der Waals surface area (Å²) in [6.45, 7) is -0.569. The fourth-order valence-electron chi connectivity index (χ4n) is 3.42. The van der Waals surface area contributed by atoms with Gasteiger partial charge < -0.3 is 54.7 Å². The van der Waals surface area contributed by atoms with Crippen LogP contribution in [-0.4, -0.2) is 110 Å². The second-order valence-corrected chi connectivity index (χ2v) is 7.34. The molecule has 2 aliphatic rings. The van der Waals surface area contributed by atoms with Crippen LogP contribution < -0.4 is 0 Å². The topological polar surface area (TPSA) is 179 Å². The second kappa shape index (κ2) is 10.4. The first-order chi connectivity index (χ1) is 14.3. The second-order valence-electron chi connectivity index (χ2n) is 7.34. The van der Waals surface area contributed by atoms with Gasteiger partial charge in [0.1, 0.15) is 48.8 Å². The van der Waals surface area contributed by atoms with E-state index >= 15 is 0 Å². The van der Waals surface area contributed by atoms with E-state index in [0.29, 0.717) is 0 Å². The summed E-state index contributed by atoms with van der Waals surface area (Å²) in [5.41, 5.74) is 0.886. The summed E-state index contributed by atoms with van der Waals surface area (Å²) < 4.78 is 21.5. The fraction of sp³-hybridized carbons (Fsp3) is 0.684. The molecule has 11 heteroatoms. The Hall–Kier alpha value is -1.22. The standard InChI is InChI=1S/C19H28O11/c20-6-10-17(14(23)15(24)18(26)28-10)30-19-16(25)13(22)12(21)11(29-19)8-27-7-9-4-2-1-3-5-9/h1-5,10-26H,6-8H2/t10-,11-,12+,13+,14-,15-,16-,17-,18?,19+/m1/s1. The first kappa shape index (κ1) is 23.4. The van der Waals surface area contributed by atoms with E-state index in [1.807, 2.05) is 30.3 Å². The summed E-state index contributed by atoms with van der Waals surface area (Å²) in [6, 6.07) is 9.24. The molecule has 30 heavy (non-hydrogen) atoms. The molecule has 2 heterocycles. The van der Waals surface area contributed by atoms with E-state index in [1.54, 1.807) is 0 Å². The molecule has 0 aromatic heterocycles. The molecule has 10 atom stereocenters. The van der Waals surface area contributed by atoms with Crippen LogP contribution >= 0.6 is 0 Å². The van der Waals surface area contributed by atoms with Crippen molar-refractivity contribution in [3.63, 3.8) is 0 Å². The summed E-state index contributed by atoms with van der Waals surface area (Å²) in [5.74, 6) is 0. The van der Waals surface area contributed by atoms with Gasteiger partial charge in [-0.2, -0.15) is 0 Å². The van der Waals surface area contributed by atoms with Crippen molar-refractivity contribution in [2.24, 2.45) is 0 Å². The van der Waals surface area contributed by atoms with Crippen molar-refractivity contribution >= 4 is 0 Å². The van der Waals surface area contributed by atoms with E-state index in [9.17, 15) is 35.7 Å². The summed E-state index contributed by atoms with van der Waals surface area (Å²) >= 11 is 0. The zero-order valence-electron chi connectivity index (χ0n) is 16.0. The van der Waals surface area contributed by atoms with E-state index in [1.165, 1.54) is 0 Å². The highest BCUT2D eigenvalue weighted by Crippen LogP contribution is 2.28. The van der Waals surface area contributed by atoms with Gasteiger partial charge in [-0.05, 0) is 5.56 Å². The van der Waals surface area contributed by atoms with Crippen molar-refractivity contribution in [1.29, 1.82) is 0 Å². The van der Waals surface area contributed by atoms with Gasteiger partial charge >= 0.3 is 0 Å². The lowest BCUT2D eigenvalue weighted by atomic mass is 9.97. The van der Waals surface area contributed by atoms with E-state index in [0.717, 1.165) is 5.56 Å². The zero-order chi connectivity index (χ0) is 21.8. The van der Waals surface area contributed by atoms with Crippen LogP contribution in [-0.2, 0) is 25.6 Å². The zero-order valence-corrected chi connectivity index (χ0v) is 16.0. The van der Waals surface area contributed by atoms with Gasteiger partial charge in [-0.3, -0.25) is 0 Å². The number of ether oxygens (including phenoxy) is 4. The van der Waals surface area contributed by atoms with Crippen LogP contribution in [0, 0.1) is 0 Å². The van der Waals surface area contributed by atoms with Crippen LogP contribution in [0.5, 0.6) is 0 Å². The van der Waals surface area contributed by atoms with Gasteiger partial charge in [-0.1, -0.05) is 30.3 Å². The SMILES string of the molecule is OC[C@H]1OC(O)[C@H](O)[C@@H](O)[C@@H]1O[C@@H]1O[C@H](COCc2ccccc2)[C@H](O)[C@H](O)[C@H]1O. The molecule has 3 rings (SSSR count). The van der Waals surface area contributed by atoms with Crippen molar-refractivity contribution in [1.82, 2.24) is 0 Å². The number of benzene rings is 1. The average Bonchev–Trinajstić information content (AvgIpc) is 2.75. The molecule has 1 unspecified atom stereocenters. The minimum atomic E-state index is -1.74. The van der Waals surface area contributed by atoms with Gasteiger partial charge in [-0.25, -0.2) is 0 Å². The molecule has 0 bridgehead atoms. The summed E-state index contributed by atoms with van der Waals surface area (Å²) in [4.78, 5) is 0. The lowest BCUT2D eigenvalue weighted by Crippen LogP contribution is -2.64. The van der Waals surface area contributed by atoms with E-state index in [4.69, 9.17) is 18.9 Å². The van der Waals surface area contributed by atoms with E-state index < -0.39 is 68.0 Å². The van der Waals surface area contributed by atoms with Gasteiger partial charge in [0.25, 0.3) is 0 Å². The highest BCUT2D eigenvalue weighted by Gasteiger charge is 2.50. The average molecular weight is 432 g/mol.